The van der Waals surface area contributed by atoms with Crippen LogP contribution in [0.2, 0.25) is 0 Å². The summed E-state index contributed by atoms with van der Waals surface area (Å²) in [6.45, 7) is 2.10. The Labute approximate surface area is 158 Å². The summed E-state index contributed by atoms with van der Waals surface area (Å²) in [4.78, 5) is 25.5. The van der Waals surface area contributed by atoms with Crippen LogP contribution in [0.4, 0.5) is 0 Å². The van der Waals surface area contributed by atoms with Crippen LogP contribution in [0.3, 0.4) is 0 Å². The minimum absolute atomic E-state index is 0.0366. The third-order valence-electron chi connectivity index (χ3n) is 4.89. The van der Waals surface area contributed by atoms with Gasteiger partial charge in [0.25, 0.3) is 0 Å². The molecular weight excluding hydrogens is 346 g/mol. The molecule has 1 aromatic heterocycles. The van der Waals surface area contributed by atoms with E-state index < -0.39 is 0 Å². The number of aromatic amines is 1. The first kappa shape index (κ1) is 18.9. The van der Waals surface area contributed by atoms with Crippen LogP contribution in [0.25, 0.3) is 11.3 Å². The third kappa shape index (κ3) is 4.85. The average molecular weight is 371 g/mol. The lowest BCUT2D eigenvalue weighted by molar-refractivity contribution is -0.126. The monoisotopic (exact) mass is 371 g/mol. The number of hydrogen-bond acceptors (Lipinski definition) is 5. The summed E-state index contributed by atoms with van der Waals surface area (Å²) in [6.07, 6.45) is 3.20. The number of hydrogen-bond donors (Lipinski definition) is 3. The molecule has 0 unspecified atom stereocenters. The van der Waals surface area contributed by atoms with E-state index >= 15 is 0 Å². The number of carbonyl (C=O) groups is 2. The smallest absolute Gasteiger partial charge is 0.231 e. The molecule has 8 nitrogen and oxygen atoms in total. The highest BCUT2D eigenvalue weighted by Gasteiger charge is 2.25. The van der Waals surface area contributed by atoms with Crippen molar-refractivity contribution in [1.82, 2.24) is 20.4 Å². The van der Waals surface area contributed by atoms with Crippen LogP contribution in [-0.4, -0.2) is 53.7 Å². The van der Waals surface area contributed by atoms with E-state index in [1.165, 1.54) is 0 Å². The van der Waals surface area contributed by atoms with E-state index in [4.69, 9.17) is 10.5 Å². The van der Waals surface area contributed by atoms with E-state index in [1.54, 1.807) is 13.3 Å². The lowest BCUT2D eigenvalue weighted by Gasteiger charge is -2.30. The molecule has 4 N–H and O–H groups in total. The highest BCUT2D eigenvalue weighted by molar-refractivity contribution is 5.79. The maximum Gasteiger partial charge on any atom is 0.231 e. The molecule has 8 heteroatoms. The number of piperidine rings is 1. The van der Waals surface area contributed by atoms with Crippen molar-refractivity contribution in [3.8, 4) is 17.0 Å². The summed E-state index contributed by atoms with van der Waals surface area (Å²) >= 11 is 0. The molecule has 1 aromatic carbocycles. The van der Waals surface area contributed by atoms with E-state index in [1.807, 2.05) is 29.2 Å². The van der Waals surface area contributed by atoms with E-state index in [0.29, 0.717) is 19.6 Å². The van der Waals surface area contributed by atoms with Gasteiger partial charge in [0.05, 0.1) is 25.5 Å². The number of methoxy groups -OCH3 is 1. The molecule has 1 aliphatic rings. The molecule has 144 valence electrons. The van der Waals surface area contributed by atoms with Gasteiger partial charge in [-0.3, -0.25) is 19.6 Å². The molecule has 0 bridgehead atoms. The van der Waals surface area contributed by atoms with Gasteiger partial charge >= 0.3 is 0 Å². The Morgan fingerprint density at radius 2 is 2.00 bits per heavy atom. The summed E-state index contributed by atoms with van der Waals surface area (Å²) in [5.74, 6) is 0.459. The largest absolute Gasteiger partial charge is 0.497 e. The fraction of sp³-hybridized carbons (Fsp3) is 0.421. The second-order valence-electron chi connectivity index (χ2n) is 6.73. The summed E-state index contributed by atoms with van der Waals surface area (Å²) in [6, 6.07) is 7.68. The Hall–Kier alpha value is -2.87. The number of nitrogens with one attached hydrogen (secondary N) is 2. The Bertz CT molecular complexity index is 779. The van der Waals surface area contributed by atoms with Gasteiger partial charge in [0.2, 0.25) is 11.8 Å². The first-order valence-corrected chi connectivity index (χ1v) is 9.02. The fourth-order valence-corrected chi connectivity index (χ4v) is 3.35. The van der Waals surface area contributed by atoms with Gasteiger partial charge in [0.1, 0.15) is 5.75 Å². The number of nitrogens with zero attached hydrogens (tertiary/aromatic N) is 2. The average Bonchev–Trinajstić information content (AvgIpc) is 3.15. The van der Waals surface area contributed by atoms with Gasteiger partial charge in [-0.2, -0.15) is 5.10 Å². The molecule has 1 aliphatic heterocycles. The predicted molar refractivity (Wildman–Crippen MR) is 101 cm³/mol. The predicted octanol–water partition coefficient (Wildman–Crippen LogP) is 0.899. The number of benzene rings is 1. The van der Waals surface area contributed by atoms with Crippen molar-refractivity contribution in [3.05, 3.63) is 36.0 Å². The van der Waals surface area contributed by atoms with Crippen LogP contribution in [-0.2, 0) is 16.1 Å². The number of aromatic nitrogens is 2. The Morgan fingerprint density at radius 1 is 1.30 bits per heavy atom. The lowest BCUT2D eigenvalue weighted by atomic mass is 9.95. The van der Waals surface area contributed by atoms with Gasteiger partial charge in [0, 0.05) is 23.6 Å². The Morgan fingerprint density at radius 3 is 2.63 bits per heavy atom. The van der Waals surface area contributed by atoms with E-state index in [0.717, 1.165) is 35.4 Å². The van der Waals surface area contributed by atoms with Crippen molar-refractivity contribution < 1.29 is 14.3 Å². The van der Waals surface area contributed by atoms with Crippen molar-refractivity contribution in [3.63, 3.8) is 0 Å². The molecule has 0 spiro atoms. The first-order valence-electron chi connectivity index (χ1n) is 9.02. The lowest BCUT2D eigenvalue weighted by Crippen LogP contribution is -2.43. The zero-order valence-electron chi connectivity index (χ0n) is 15.4. The molecule has 2 aromatic rings. The standard InChI is InChI=1S/C19H25N5O3/c1-27-16-4-2-13(3-5-16)18-15(11-22-23-18)10-21-19(26)14-6-8-24(9-7-14)12-17(20)25/h2-5,11,14H,6-10,12H2,1H3,(H2,20,25)(H,21,26)(H,22,23). The molecule has 27 heavy (non-hydrogen) atoms. The SMILES string of the molecule is COc1ccc(-c2[nH]ncc2CNC(=O)C2CCN(CC(N)=O)CC2)cc1. The van der Waals surface area contributed by atoms with Gasteiger partial charge in [-0.05, 0) is 50.2 Å². The molecule has 3 rings (SSSR count). The van der Waals surface area contributed by atoms with Gasteiger partial charge in [-0.15, -0.1) is 0 Å². The van der Waals surface area contributed by atoms with Crippen molar-refractivity contribution in [2.24, 2.45) is 11.7 Å². The number of ether oxygens (including phenoxy) is 1. The molecule has 0 aliphatic carbocycles. The maximum absolute atomic E-state index is 12.5. The summed E-state index contributed by atoms with van der Waals surface area (Å²) in [5, 5.41) is 10.1. The number of H-pyrrole nitrogens is 1. The second-order valence-corrected chi connectivity index (χ2v) is 6.73. The van der Waals surface area contributed by atoms with Crippen molar-refractivity contribution in [2.75, 3.05) is 26.7 Å². The summed E-state index contributed by atoms with van der Waals surface area (Å²) in [7, 11) is 1.63. The van der Waals surface area contributed by atoms with E-state index in [9.17, 15) is 9.59 Å². The van der Waals surface area contributed by atoms with Crippen LogP contribution in [0, 0.1) is 5.92 Å². The van der Waals surface area contributed by atoms with Crippen LogP contribution >= 0.6 is 0 Å². The van der Waals surface area contributed by atoms with Gasteiger partial charge < -0.3 is 15.8 Å². The number of carbonyl (C=O) groups excluding carboxylic acids is 2. The molecule has 2 heterocycles. The van der Waals surface area contributed by atoms with Gasteiger partial charge in [-0.1, -0.05) is 0 Å². The van der Waals surface area contributed by atoms with Crippen molar-refractivity contribution in [2.45, 2.75) is 19.4 Å². The summed E-state index contributed by atoms with van der Waals surface area (Å²) in [5.41, 5.74) is 8.02. The minimum atomic E-state index is -0.330. The van der Waals surface area contributed by atoms with Crippen LogP contribution in [0.15, 0.2) is 30.5 Å². The number of primary amides is 1. The van der Waals surface area contributed by atoms with Crippen LogP contribution < -0.4 is 15.8 Å². The van der Waals surface area contributed by atoms with Crippen molar-refractivity contribution in [1.29, 1.82) is 0 Å². The quantitative estimate of drug-likeness (QED) is 0.669. The third-order valence-corrected chi connectivity index (χ3v) is 4.89. The Kier molecular flexibility index (Phi) is 6.08. The number of amides is 2. The van der Waals surface area contributed by atoms with E-state index in [2.05, 4.69) is 15.5 Å². The molecule has 0 saturated carbocycles. The number of nitrogens with two attached hydrogens (primary N) is 1. The Balaban J connectivity index is 1.54. The minimum Gasteiger partial charge on any atom is -0.497 e. The number of rotatable bonds is 7. The topological polar surface area (TPSA) is 113 Å². The molecule has 0 radical (unpaired) electrons. The normalized spacial score (nSPS) is 15.4. The van der Waals surface area contributed by atoms with E-state index in [-0.39, 0.29) is 24.3 Å². The maximum atomic E-state index is 12.5. The molecule has 1 fully saturated rings. The van der Waals surface area contributed by atoms with Gasteiger partial charge in [0.15, 0.2) is 0 Å². The summed E-state index contributed by atoms with van der Waals surface area (Å²) < 4.78 is 5.18. The van der Waals surface area contributed by atoms with Gasteiger partial charge in [-0.25, -0.2) is 0 Å². The molecular formula is C19H25N5O3. The highest BCUT2D eigenvalue weighted by atomic mass is 16.5. The second kappa shape index (κ2) is 8.68. The zero-order chi connectivity index (χ0) is 19.2. The number of likely N-dealkylation sites (tertiary alicyclic amines) is 1. The zero-order valence-corrected chi connectivity index (χ0v) is 15.4. The molecule has 2 amide bonds. The van der Waals surface area contributed by atoms with Crippen molar-refractivity contribution >= 4 is 11.8 Å². The molecule has 1 saturated heterocycles. The molecule has 0 atom stereocenters. The fourth-order valence-electron chi connectivity index (χ4n) is 3.35. The first-order chi connectivity index (χ1) is 13.1. The van der Waals surface area contributed by atoms with Crippen LogP contribution in [0.5, 0.6) is 5.75 Å². The highest BCUT2D eigenvalue weighted by Crippen LogP contribution is 2.24. The van der Waals surface area contributed by atoms with Crippen LogP contribution in [0.1, 0.15) is 18.4 Å².